The quantitative estimate of drug-likeness (QED) is 0.453. The largest absolute Gasteiger partial charge is 0.501 e. The number of nitrogens with zero attached hydrogens (tertiary/aromatic N) is 2. The van der Waals surface area contributed by atoms with Crippen molar-refractivity contribution in [2.24, 2.45) is 0 Å². The maximum atomic E-state index is 9.35. The minimum atomic E-state index is 0.304. The molecule has 11 heavy (non-hydrogen) atoms. The number of thioether (sulfide) groups is 1. The van der Waals surface area contributed by atoms with Gasteiger partial charge in [-0.25, -0.2) is 4.57 Å². The summed E-state index contributed by atoms with van der Waals surface area (Å²) < 4.78 is 2.04. The summed E-state index contributed by atoms with van der Waals surface area (Å²) in [6.45, 7) is 2.92. The zero-order chi connectivity index (χ0) is 7.84. The summed E-state index contributed by atoms with van der Waals surface area (Å²) in [7, 11) is 0. The van der Waals surface area contributed by atoms with Crippen molar-refractivity contribution in [3.8, 4) is 5.75 Å². The van der Waals surface area contributed by atoms with E-state index in [-0.39, 0.29) is 0 Å². The van der Waals surface area contributed by atoms with Crippen LogP contribution < -0.4 is 4.57 Å². The van der Waals surface area contributed by atoms with E-state index in [2.05, 4.69) is 4.98 Å². The van der Waals surface area contributed by atoms with E-state index in [0.29, 0.717) is 5.75 Å². The summed E-state index contributed by atoms with van der Waals surface area (Å²) in [6, 6.07) is 0. The van der Waals surface area contributed by atoms with Crippen LogP contribution >= 0.6 is 11.8 Å². The molecule has 0 aromatic carbocycles. The van der Waals surface area contributed by atoms with E-state index < -0.39 is 0 Å². The van der Waals surface area contributed by atoms with Gasteiger partial charge in [-0.05, 0) is 0 Å². The van der Waals surface area contributed by atoms with Crippen molar-refractivity contribution in [3.05, 3.63) is 12.0 Å². The SMILES string of the molecule is Cc1ncc(O)c2[n+]1CCS2. The second-order valence-corrected chi connectivity index (χ2v) is 3.58. The Morgan fingerprint density at radius 2 is 2.55 bits per heavy atom. The molecule has 0 amide bonds. The van der Waals surface area contributed by atoms with Gasteiger partial charge in [-0.15, -0.1) is 0 Å². The number of hydrogen-bond donors (Lipinski definition) is 1. The summed E-state index contributed by atoms with van der Waals surface area (Å²) in [5, 5.41) is 10.3. The van der Waals surface area contributed by atoms with Gasteiger partial charge in [-0.3, -0.25) is 0 Å². The highest BCUT2D eigenvalue weighted by molar-refractivity contribution is 7.99. The number of aromatic hydroxyl groups is 1. The molecule has 0 atom stereocenters. The molecular weight excluding hydrogens is 160 g/mol. The summed E-state index contributed by atoms with van der Waals surface area (Å²) in [5.41, 5.74) is 0. The van der Waals surface area contributed by atoms with Crippen molar-refractivity contribution in [2.75, 3.05) is 5.75 Å². The summed E-state index contributed by atoms with van der Waals surface area (Å²) in [6.07, 6.45) is 1.51. The van der Waals surface area contributed by atoms with Crippen molar-refractivity contribution >= 4 is 11.8 Å². The minimum absolute atomic E-state index is 0.304. The molecule has 2 rings (SSSR count). The van der Waals surface area contributed by atoms with Crippen LogP contribution in [0.2, 0.25) is 0 Å². The zero-order valence-electron chi connectivity index (χ0n) is 6.24. The van der Waals surface area contributed by atoms with Gasteiger partial charge in [0.05, 0.1) is 0 Å². The van der Waals surface area contributed by atoms with Crippen LogP contribution in [0.1, 0.15) is 5.82 Å². The first-order valence-electron chi connectivity index (χ1n) is 3.50. The molecule has 4 heteroatoms. The molecule has 58 valence electrons. The number of aromatic nitrogens is 2. The van der Waals surface area contributed by atoms with Crippen LogP contribution in [-0.2, 0) is 6.54 Å². The first-order chi connectivity index (χ1) is 5.29. The highest BCUT2D eigenvalue weighted by Gasteiger charge is 2.23. The lowest BCUT2D eigenvalue weighted by molar-refractivity contribution is -0.732. The number of aryl methyl sites for hydroxylation is 1. The maximum Gasteiger partial charge on any atom is 0.296 e. The van der Waals surface area contributed by atoms with Crippen LogP contribution in [-0.4, -0.2) is 15.8 Å². The molecule has 0 radical (unpaired) electrons. The predicted octanol–water partition coefficient (Wildman–Crippen LogP) is 0.489. The second kappa shape index (κ2) is 2.37. The Morgan fingerprint density at radius 1 is 1.73 bits per heavy atom. The molecule has 1 aliphatic heterocycles. The van der Waals surface area contributed by atoms with Gasteiger partial charge in [-0.2, -0.15) is 0 Å². The molecule has 0 fully saturated rings. The lowest BCUT2D eigenvalue weighted by Gasteiger charge is -1.96. The van der Waals surface area contributed by atoms with Gasteiger partial charge < -0.3 is 5.11 Å². The fraction of sp³-hybridized carbons (Fsp3) is 0.429. The van der Waals surface area contributed by atoms with Gasteiger partial charge in [-0.1, -0.05) is 16.7 Å². The normalized spacial score (nSPS) is 15.0. The van der Waals surface area contributed by atoms with E-state index in [0.717, 1.165) is 23.1 Å². The van der Waals surface area contributed by atoms with Crippen molar-refractivity contribution in [3.63, 3.8) is 0 Å². The molecule has 0 aliphatic carbocycles. The molecule has 1 N–H and O–H groups in total. The van der Waals surface area contributed by atoms with E-state index in [1.165, 1.54) is 6.20 Å². The lowest BCUT2D eigenvalue weighted by Crippen LogP contribution is -2.37. The molecule has 1 aliphatic rings. The Kier molecular flexibility index (Phi) is 1.49. The van der Waals surface area contributed by atoms with Crippen molar-refractivity contribution < 1.29 is 9.67 Å². The van der Waals surface area contributed by atoms with Crippen LogP contribution in [0.4, 0.5) is 0 Å². The van der Waals surface area contributed by atoms with E-state index in [1.807, 2.05) is 11.5 Å². The zero-order valence-corrected chi connectivity index (χ0v) is 7.06. The van der Waals surface area contributed by atoms with Gasteiger partial charge >= 0.3 is 0 Å². The highest BCUT2D eigenvalue weighted by atomic mass is 32.2. The monoisotopic (exact) mass is 169 g/mol. The van der Waals surface area contributed by atoms with Crippen LogP contribution in [0.15, 0.2) is 11.2 Å². The molecule has 0 bridgehead atoms. The standard InChI is InChI=1S/C7H8N2OS/c1-5-8-4-6(10)7-9(5)2-3-11-7/h4H,2-3H2,1H3/p+1. The Hall–Kier alpha value is -0.770. The predicted molar refractivity (Wildman–Crippen MR) is 41.6 cm³/mol. The van der Waals surface area contributed by atoms with Crippen LogP contribution in [0.25, 0.3) is 0 Å². The smallest absolute Gasteiger partial charge is 0.296 e. The molecule has 2 heterocycles. The van der Waals surface area contributed by atoms with E-state index in [9.17, 15) is 5.11 Å². The maximum absolute atomic E-state index is 9.35. The lowest BCUT2D eigenvalue weighted by atomic mass is 10.5. The van der Waals surface area contributed by atoms with E-state index in [1.54, 1.807) is 11.8 Å². The van der Waals surface area contributed by atoms with Gasteiger partial charge in [0.25, 0.3) is 5.82 Å². The molecule has 3 nitrogen and oxygen atoms in total. The molecule has 0 saturated heterocycles. The van der Waals surface area contributed by atoms with E-state index in [4.69, 9.17) is 0 Å². The second-order valence-electron chi connectivity index (χ2n) is 2.50. The minimum Gasteiger partial charge on any atom is -0.501 e. The molecule has 0 unspecified atom stereocenters. The highest BCUT2D eigenvalue weighted by Crippen LogP contribution is 2.27. The third-order valence-corrected chi connectivity index (χ3v) is 2.87. The van der Waals surface area contributed by atoms with Gasteiger partial charge in [0.2, 0.25) is 10.8 Å². The summed E-state index contributed by atoms with van der Waals surface area (Å²) in [5.74, 6) is 2.32. The molecule has 0 spiro atoms. The Morgan fingerprint density at radius 3 is 3.27 bits per heavy atom. The number of rotatable bonds is 0. The van der Waals surface area contributed by atoms with Gasteiger partial charge in [0, 0.05) is 12.7 Å². The van der Waals surface area contributed by atoms with Crippen LogP contribution in [0.3, 0.4) is 0 Å². The van der Waals surface area contributed by atoms with Crippen LogP contribution in [0, 0.1) is 6.92 Å². The third-order valence-electron chi connectivity index (χ3n) is 1.78. The topological polar surface area (TPSA) is 37.0 Å². The van der Waals surface area contributed by atoms with E-state index >= 15 is 0 Å². The van der Waals surface area contributed by atoms with Crippen molar-refractivity contribution in [2.45, 2.75) is 18.5 Å². The van der Waals surface area contributed by atoms with Crippen molar-refractivity contribution in [1.82, 2.24) is 4.98 Å². The van der Waals surface area contributed by atoms with Gasteiger partial charge in [0.1, 0.15) is 6.54 Å². The average molecular weight is 169 g/mol. The first-order valence-corrected chi connectivity index (χ1v) is 4.49. The molecular formula is C7H9N2OS+. The number of fused-ring (bicyclic) bond motifs is 1. The third kappa shape index (κ3) is 0.976. The van der Waals surface area contributed by atoms with Gasteiger partial charge in [0.15, 0.2) is 6.20 Å². The van der Waals surface area contributed by atoms with Crippen molar-refractivity contribution in [1.29, 1.82) is 0 Å². The van der Waals surface area contributed by atoms with Crippen LogP contribution in [0.5, 0.6) is 5.75 Å². The average Bonchev–Trinajstić information content (AvgIpc) is 2.45. The fourth-order valence-corrected chi connectivity index (χ4v) is 2.26. The molecule has 1 aromatic rings. The fourth-order valence-electron chi connectivity index (χ4n) is 1.21. The summed E-state index contributed by atoms with van der Waals surface area (Å²) >= 11 is 1.68. The Balaban J connectivity index is 2.64. The molecule has 1 aromatic heterocycles. The Labute approximate surface area is 69.1 Å². The Bertz CT molecular complexity index is 272. The summed E-state index contributed by atoms with van der Waals surface area (Å²) in [4.78, 5) is 4.05. The first kappa shape index (κ1) is 6.91. The number of hydrogen-bond acceptors (Lipinski definition) is 3. The molecule has 0 saturated carbocycles.